The van der Waals surface area contributed by atoms with Gasteiger partial charge in [-0.1, -0.05) is 34.1 Å². The molecule has 0 heterocycles. The summed E-state index contributed by atoms with van der Waals surface area (Å²) < 4.78 is 14.1. The van der Waals surface area contributed by atoms with Crippen LogP contribution in [-0.4, -0.2) is 13.6 Å². The van der Waals surface area contributed by atoms with E-state index in [2.05, 4.69) is 27.3 Å². The first-order valence-corrected chi connectivity index (χ1v) is 5.77. The molecule has 0 aliphatic carbocycles. The molecule has 0 aliphatic rings. The Balaban J connectivity index is 2.47. The molecule has 1 N–H and O–H groups in total. The summed E-state index contributed by atoms with van der Waals surface area (Å²) in [7, 11) is 1.92. The van der Waals surface area contributed by atoms with Gasteiger partial charge in [0.15, 0.2) is 0 Å². The predicted octanol–water partition coefficient (Wildman–Crippen LogP) is 3.30. The lowest BCUT2D eigenvalue weighted by atomic mass is 10.1. The molecule has 3 heteroatoms. The van der Waals surface area contributed by atoms with Crippen molar-refractivity contribution in [1.29, 1.82) is 0 Å². The molecule has 0 amide bonds. The molecular weight excluding hydrogens is 257 g/mol. The average molecular weight is 272 g/mol. The van der Waals surface area contributed by atoms with E-state index in [0.29, 0.717) is 6.42 Å². The van der Waals surface area contributed by atoms with E-state index in [9.17, 15) is 4.39 Å². The minimum atomic E-state index is -0.150. The van der Waals surface area contributed by atoms with Crippen LogP contribution in [0.4, 0.5) is 4.39 Å². The zero-order chi connectivity index (χ0) is 11.1. The highest BCUT2D eigenvalue weighted by Crippen LogP contribution is 2.15. The Morgan fingerprint density at radius 1 is 1.40 bits per heavy atom. The van der Waals surface area contributed by atoms with Gasteiger partial charge in [0.1, 0.15) is 5.82 Å². The van der Waals surface area contributed by atoms with Crippen molar-refractivity contribution in [3.8, 4) is 0 Å². The highest BCUT2D eigenvalue weighted by molar-refractivity contribution is 9.10. The maximum Gasteiger partial charge on any atom is 0.127 e. The molecular formula is C12H15BrFN. The maximum absolute atomic E-state index is 13.3. The van der Waals surface area contributed by atoms with Gasteiger partial charge in [-0.2, -0.15) is 0 Å². The van der Waals surface area contributed by atoms with Gasteiger partial charge in [-0.05, 0) is 44.1 Å². The van der Waals surface area contributed by atoms with E-state index >= 15 is 0 Å². The molecule has 0 bridgehead atoms. The third-order valence-electron chi connectivity index (χ3n) is 2.08. The molecule has 0 saturated heterocycles. The van der Waals surface area contributed by atoms with Gasteiger partial charge in [0, 0.05) is 4.47 Å². The van der Waals surface area contributed by atoms with Crippen LogP contribution in [-0.2, 0) is 6.42 Å². The summed E-state index contributed by atoms with van der Waals surface area (Å²) >= 11 is 3.23. The quantitative estimate of drug-likeness (QED) is 0.640. The first-order chi connectivity index (χ1) is 7.24. The molecule has 1 rings (SSSR count). The molecule has 0 fully saturated rings. The van der Waals surface area contributed by atoms with Crippen LogP contribution < -0.4 is 5.32 Å². The van der Waals surface area contributed by atoms with Crippen LogP contribution in [0.5, 0.6) is 0 Å². The van der Waals surface area contributed by atoms with Crippen LogP contribution in [0, 0.1) is 5.82 Å². The first-order valence-electron chi connectivity index (χ1n) is 4.97. The fourth-order valence-corrected chi connectivity index (χ4v) is 1.58. The summed E-state index contributed by atoms with van der Waals surface area (Å²) in [5.41, 5.74) is 0.735. The van der Waals surface area contributed by atoms with Gasteiger partial charge >= 0.3 is 0 Å². The molecule has 1 aromatic carbocycles. The van der Waals surface area contributed by atoms with Crippen LogP contribution in [0.25, 0.3) is 0 Å². The van der Waals surface area contributed by atoms with Crippen molar-refractivity contribution < 1.29 is 4.39 Å². The molecule has 0 unspecified atom stereocenters. The number of halogens is 2. The van der Waals surface area contributed by atoms with Crippen LogP contribution >= 0.6 is 15.9 Å². The Morgan fingerprint density at radius 2 is 2.20 bits per heavy atom. The molecule has 0 radical (unpaired) electrons. The SMILES string of the molecule is CNCCC=CCc1ccc(Br)cc1F. The maximum atomic E-state index is 13.3. The number of rotatable bonds is 5. The van der Waals surface area contributed by atoms with E-state index in [1.54, 1.807) is 0 Å². The van der Waals surface area contributed by atoms with E-state index in [4.69, 9.17) is 0 Å². The number of hydrogen-bond donors (Lipinski definition) is 1. The Morgan fingerprint density at radius 3 is 2.87 bits per heavy atom. The lowest BCUT2D eigenvalue weighted by Crippen LogP contribution is -2.05. The number of hydrogen-bond acceptors (Lipinski definition) is 1. The molecule has 0 aliphatic heterocycles. The van der Waals surface area contributed by atoms with Crippen molar-refractivity contribution in [2.24, 2.45) is 0 Å². The molecule has 0 aromatic heterocycles. The largest absolute Gasteiger partial charge is 0.319 e. The summed E-state index contributed by atoms with van der Waals surface area (Å²) in [6.07, 6.45) is 5.71. The van der Waals surface area contributed by atoms with Gasteiger partial charge in [0.05, 0.1) is 0 Å². The zero-order valence-corrected chi connectivity index (χ0v) is 10.3. The third-order valence-corrected chi connectivity index (χ3v) is 2.57. The van der Waals surface area contributed by atoms with Crippen molar-refractivity contribution in [2.45, 2.75) is 12.8 Å². The summed E-state index contributed by atoms with van der Waals surface area (Å²) in [5, 5.41) is 3.05. The van der Waals surface area contributed by atoms with Crippen molar-refractivity contribution in [2.75, 3.05) is 13.6 Å². The minimum absolute atomic E-state index is 0.150. The Labute approximate surface area is 98.5 Å². The topological polar surface area (TPSA) is 12.0 Å². The van der Waals surface area contributed by atoms with Crippen LogP contribution in [0.1, 0.15) is 12.0 Å². The first kappa shape index (κ1) is 12.4. The van der Waals surface area contributed by atoms with Crippen LogP contribution in [0.15, 0.2) is 34.8 Å². The van der Waals surface area contributed by atoms with E-state index in [0.717, 1.165) is 23.0 Å². The highest BCUT2D eigenvalue weighted by atomic mass is 79.9. The summed E-state index contributed by atoms with van der Waals surface area (Å²) in [4.78, 5) is 0. The van der Waals surface area contributed by atoms with Gasteiger partial charge < -0.3 is 5.32 Å². The molecule has 0 atom stereocenters. The van der Waals surface area contributed by atoms with Gasteiger partial charge in [-0.15, -0.1) is 0 Å². The Hall–Kier alpha value is -0.670. The average Bonchev–Trinajstić information content (AvgIpc) is 2.20. The van der Waals surface area contributed by atoms with E-state index in [1.807, 2.05) is 25.3 Å². The van der Waals surface area contributed by atoms with Crippen molar-refractivity contribution >= 4 is 15.9 Å². The van der Waals surface area contributed by atoms with Crippen LogP contribution in [0.2, 0.25) is 0 Å². The summed E-state index contributed by atoms with van der Waals surface area (Å²) in [6.45, 7) is 0.958. The molecule has 1 aromatic rings. The minimum Gasteiger partial charge on any atom is -0.319 e. The summed E-state index contributed by atoms with van der Waals surface area (Å²) in [6, 6.07) is 5.17. The standard InChI is InChI=1S/C12H15BrFN/c1-15-8-4-2-3-5-10-6-7-11(13)9-12(10)14/h2-3,6-7,9,15H,4-5,8H2,1H3. The molecule has 0 spiro atoms. The predicted molar refractivity (Wildman–Crippen MR) is 65.5 cm³/mol. The van der Waals surface area contributed by atoms with Crippen molar-refractivity contribution in [3.05, 3.63) is 46.2 Å². The second-order valence-electron chi connectivity index (χ2n) is 3.30. The molecule has 15 heavy (non-hydrogen) atoms. The van der Waals surface area contributed by atoms with Gasteiger partial charge in [0.25, 0.3) is 0 Å². The van der Waals surface area contributed by atoms with Crippen molar-refractivity contribution in [1.82, 2.24) is 5.32 Å². The normalized spacial score (nSPS) is 11.1. The summed E-state index contributed by atoms with van der Waals surface area (Å²) in [5.74, 6) is -0.150. The second-order valence-corrected chi connectivity index (χ2v) is 4.22. The van der Waals surface area contributed by atoms with Gasteiger partial charge in [0.2, 0.25) is 0 Å². The smallest absolute Gasteiger partial charge is 0.127 e. The molecule has 0 saturated carbocycles. The Kier molecular flexibility index (Phi) is 5.58. The van der Waals surface area contributed by atoms with Gasteiger partial charge in [-0.3, -0.25) is 0 Å². The highest BCUT2D eigenvalue weighted by Gasteiger charge is 1.99. The Bertz CT molecular complexity index is 336. The fraction of sp³-hybridized carbons (Fsp3) is 0.333. The lowest BCUT2D eigenvalue weighted by Gasteiger charge is -1.99. The second kappa shape index (κ2) is 6.75. The van der Waals surface area contributed by atoms with Gasteiger partial charge in [-0.25, -0.2) is 4.39 Å². The fourth-order valence-electron chi connectivity index (χ4n) is 1.24. The number of benzene rings is 1. The molecule has 82 valence electrons. The number of allylic oxidation sites excluding steroid dienone is 1. The van der Waals surface area contributed by atoms with E-state index in [-0.39, 0.29) is 5.82 Å². The third kappa shape index (κ3) is 4.58. The zero-order valence-electron chi connectivity index (χ0n) is 8.76. The number of nitrogens with one attached hydrogen (secondary N) is 1. The lowest BCUT2D eigenvalue weighted by molar-refractivity contribution is 0.614. The van der Waals surface area contributed by atoms with E-state index in [1.165, 1.54) is 6.07 Å². The molecule has 1 nitrogen and oxygen atoms in total. The van der Waals surface area contributed by atoms with Crippen molar-refractivity contribution in [3.63, 3.8) is 0 Å². The monoisotopic (exact) mass is 271 g/mol. The van der Waals surface area contributed by atoms with E-state index < -0.39 is 0 Å². The van der Waals surface area contributed by atoms with Crippen LogP contribution in [0.3, 0.4) is 0 Å².